The molecule has 100 valence electrons. The number of hydrogen-bond acceptors (Lipinski definition) is 2. The van der Waals surface area contributed by atoms with E-state index < -0.39 is 0 Å². The highest BCUT2D eigenvalue weighted by molar-refractivity contribution is 5.19. The van der Waals surface area contributed by atoms with Crippen LogP contribution in [0.1, 0.15) is 38.2 Å². The van der Waals surface area contributed by atoms with Crippen LogP contribution in [0.15, 0.2) is 30.3 Å². The molecule has 2 nitrogen and oxygen atoms in total. The molecule has 1 aromatic carbocycles. The van der Waals surface area contributed by atoms with Gasteiger partial charge in [-0.25, -0.2) is 0 Å². The lowest BCUT2D eigenvalue weighted by Crippen LogP contribution is -2.52. The van der Waals surface area contributed by atoms with E-state index in [1.807, 2.05) is 0 Å². The molecule has 0 saturated carbocycles. The van der Waals surface area contributed by atoms with E-state index in [-0.39, 0.29) is 0 Å². The topological polar surface area (TPSA) is 15.3 Å². The van der Waals surface area contributed by atoms with Crippen molar-refractivity contribution in [2.45, 2.75) is 38.6 Å². The van der Waals surface area contributed by atoms with Gasteiger partial charge in [0.05, 0.1) is 0 Å². The summed E-state index contributed by atoms with van der Waals surface area (Å²) >= 11 is 0. The number of benzene rings is 1. The third-order valence-electron chi connectivity index (χ3n) is 3.97. The summed E-state index contributed by atoms with van der Waals surface area (Å²) in [5, 5.41) is 3.52. The fourth-order valence-corrected chi connectivity index (χ4v) is 2.90. The first kappa shape index (κ1) is 13.6. The minimum atomic E-state index is 0.628. The van der Waals surface area contributed by atoms with Gasteiger partial charge in [0.25, 0.3) is 0 Å². The van der Waals surface area contributed by atoms with E-state index in [1.165, 1.54) is 31.5 Å². The molecule has 1 fully saturated rings. The highest BCUT2D eigenvalue weighted by Gasteiger charge is 2.22. The number of hydrogen-bond donors (Lipinski definition) is 1. The van der Waals surface area contributed by atoms with Crippen LogP contribution in [0.2, 0.25) is 0 Å². The zero-order chi connectivity index (χ0) is 12.8. The summed E-state index contributed by atoms with van der Waals surface area (Å²) in [6.07, 6.45) is 2.59. The molecular formula is C16H26N2. The van der Waals surface area contributed by atoms with Gasteiger partial charge in [-0.3, -0.25) is 4.90 Å². The van der Waals surface area contributed by atoms with E-state index in [4.69, 9.17) is 0 Å². The van der Waals surface area contributed by atoms with Crippen molar-refractivity contribution in [3.05, 3.63) is 35.9 Å². The molecule has 0 radical (unpaired) electrons. The third kappa shape index (κ3) is 3.56. The quantitative estimate of drug-likeness (QED) is 0.859. The van der Waals surface area contributed by atoms with E-state index in [2.05, 4.69) is 54.4 Å². The summed E-state index contributed by atoms with van der Waals surface area (Å²) in [4.78, 5) is 2.68. The van der Waals surface area contributed by atoms with Crippen molar-refractivity contribution in [1.29, 1.82) is 0 Å². The zero-order valence-corrected chi connectivity index (χ0v) is 11.7. The van der Waals surface area contributed by atoms with Crippen LogP contribution < -0.4 is 5.32 Å². The smallest absolute Gasteiger partial charge is 0.0221 e. The molecule has 1 saturated heterocycles. The van der Waals surface area contributed by atoms with Gasteiger partial charge >= 0.3 is 0 Å². The Bertz CT molecular complexity index is 334. The summed E-state index contributed by atoms with van der Waals surface area (Å²) in [5.74, 6) is 0.628. The number of nitrogens with one attached hydrogen (secondary N) is 1. The molecule has 1 heterocycles. The van der Waals surface area contributed by atoms with Crippen LogP contribution in [0, 0.1) is 0 Å². The van der Waals surface area contributed by atoms with Crippen molar-refractivity contribution in [3.63, 3.8) is 0 Å². The van der Waals surface area contributed by atoms with Gasteiger partial charge in [0.1, 0.15) is 0 Å². The van der Waals surface area contributed by atoms with Gasteiger partial charge in [0, 0.05) is 32.2 Å². The Morgan fingerprint density at radius 1 is 1.33 bits per heavy atom. The predicted octanol–water partition coefficient (Wildman–Crippen LogP) is 2.86. The first-order valence-corrected chi connectivity index (χ1v) is 7.31. The molecule has 18 heavy (non-hydrogen) atoms. The number of nitrogens with zero attached hydrogens (tertiary/aromatic N) is 1. The lowest BCUT2D eigenvalue weighted by Gasteiger charge is -2.37. The lowest BCUT2D eigenvalue weighted by molar-refractivity contribution is 0.145. The molecule has 2 unspecified atom stereocenters. The van der Waals surface area contributed by atoms with E-state index in [0.29, 0.717) is 5.92 Å². The Kier molecular flexibility index (Phi) is 5.21. The molecular weight excluding hydrogens is 220 g/mol. The third-order valence-corrected chi connectivity index (χ3v) is 3.97. The van der Waals surface area contributed by atoms with Crippen LogP contribution in [0.3, 0.4) is 0 Å². The maximum Gasteiger partial charge on any atom is 0.0221 e. The van der Waals surface area contributed by atoms with Crippen LogP contribution in [0.4, 0.5) is 0 Å². The summed E-state index contributed by atoms with van der Waals surface area (Å²) in [6, 6.07) is 11.6. The lowest BCUT2D eigenvalue weighted by atomic mass is 9.98. The standard InChI is InChI=1S/C16H26N2/c1-3-7-16-12-17-10-11-18(16)13-14(2)15-8-5-4-6-9-15/h4-6,8-9,14,16-17H,3,7,10-13H2,1-2H3. The van der Waals surface area contributed by atoms with Gasteiger partial charge in [0.15, 0.2) is 0 Å². The van der Waals surface area contributed by atoms with E-state index in [1.54, 1.807) is 0 Å². The zero-order valence-electron chi connectivity index (χ0n) is 11.7. The minimum Gasteiger partial charge on any atom is -0.314 e. The fourth-order valence-electron chi connectivity index (χ4n) is 2.90. The molecule has 0 amide bonds. The second-order valence-electron chi connectivity index (χ2n) is 5.45. The largest absolute Gasteiger partial charge is 0.314 e. The molecule has 1 aromatic rings. The van der Waals surface area contributed by atoms with Crippen LogP contribution >= 0.6 is 0 Å². The van der Waals surface area contributed by atoms with E-state index in [0.717, 1.165) is 19.1 Å². The summed E-state index contributed by atoms with van der Waals surface area (Å²) in [6.45, 7) is 9.32. The highest BCUT2D eigenvalue weighted by Crippen LogP contribution is 2.19. The first-order chi connectivity index (χ1) is 8.81. The van der Waals surface area contributed by atoms with Crippen molar-refractivity contribution in [2.24, 2.45) is 0 Å². The second-order valence-corrected chi connectivity index (χ2v) is 5.45. The van der Waals surface area contributed by atoms with Gasteiger partial charge < -0.3 is 5.32 Å². The Morgan fingerprint density at radius 2 is 2.11 bits per heavy atom. The Labute approximate surface area is 111 Å². The normalized spacial score (nSPS) is 22.9. The summed E-state index contributed by atoms with van der Waals surface area (Å²) in [7, 11) is 0. The minimum absolute atomic E-state index is 0.628. The highest BCUT2D eigenvalue weighted by atomic mass is 15.2. The van der Waals surface area contributed by atoms with Crippen LogP contribution in [-0.4, -0.2) is 37.1 Å². The Hall–Kier alpha value is -0.860. The van der Waals surface area contributed by atoms with Crippen LogP contribution in [0.25, 0.3) is 0 Å². The van der Waals surface area contributed by atoms with Gasteiger partial charge in [0.2, 0.25) is 0 Å². The van der Waals surface area contributed by atoms with E-state index >= 15 is 0 Å². The molecule has 0 aromatic heterocycles. The molecule has 2 rings (SSSR count). The fraction of sp³-hybridized carbons (Fsp3) is 0.625. The average molecular weight is 246 g/mol. The molecule has 2 heteroatoms. The maximum absolute atomic E-state index is 3.52. The molecule has 1 aliphatic heterocycles. The molecule has 0 spiro atoms. The van der Waals surface area contributed by atoms with Gasteiger partial charge in [-0.05, 0) is 17.9 Å². The van der Waals surface area contributed by atoms with Crippen molar-refractivity contribution in [3.8, 4) is 0 Å². The molecule has 0 aliphatic carbocycles. The van der Waals surface area contributed by atoms with Crippen molar-refractivity contribution < 1.29 is 0 Å². The number of rotatable bonds is 5. The average Bonchev–Trinajstić information content (AvgIpc) is 2.42. The predicted molar refractivity (Wildman–Crippen MR) is 78.0 cm³/mol. The van der Waals surface area contributed by atoms with Gasteiger partial charge in [-0.1, -0.05) is 50.6 Å². The molecule has 1 aliphatic rings. The Balaban J connectivity index is 1.94. The Morgan fingerprint density at radius 3 is 2.83 bits per heavy atom. The molecule has 0 bridgehead atoms. The van der Waals surface area contributed by atoms with Crippen molar-refractivity contribution in [2.75, 3.05) is 26.2 Å². The van der Waals surface area contributed by atoms with Gasteiger partial charge in [-0.2, -0.15) is 0 Å². The molecule has 2 atom stereocenters. The monoisotopic (exact) mass is 246 g/mol. The number of piperazine rings is 1. The van der Waals surface area contributed by atoms with Crippen LogP contribution in [-0.2, 0) is 0 Å². The van der Waals surface area contributed by atoms with Crippen molar-refractivity contribution >= 4 is 0 Å². The van der Waals surface area contributed by atoms with Crippen LogP contribution in [0.5, 0.6) is 0 Å². The maximum atomic E-state index is 3.52. The van der Waals surface area contributed by atoms with Crippen molar-refractivity contribution in [1.82, 2.24) is 10.2 Å². The van der Waals surface area contributed by atoms with E-state index in [9.17, 15) is 0 Å². The summed E-state index contributed by atoms with van der Waals surface area (Å²) < 4.78 is 0. The first-order valence-electron chi connectivity index (χ1n) is 7.31. The molecule has 1 N–H and O–H groups in total. The van der Waals surface area contributed by atoms with Gasteiger partial charge in [-0.15, -0.1) is 0 Å². The SMILES string of the molecule is CCCC1CNCCN1CC(C)c1ccccc1. The summed E-state index contributed by atoms with van der Waals surface area (Å²) in [5.41, 5.74) is 1.46. The second kappa shape index (κ2) is 6.91.